The van der Waals surface area contributed by atoms with Gasteiger partial charge in [0.15, 0.2) is 12.4 Å². The second-order valence-electron chi connectivity index (χ2n) is 15.5. The topological polar surface area (TPSA) is 72.4 Å². The third-order valence-corrected chi connectivity index (χ3v) is 13.7. The summed E-state index contributed by atoms with van der Waals surface area (Å²) in [5, 5.41) is 10.9. The lowest BCUT2D eigenvalue weighted by molar-refractivity contribution is -0.672. The third-order valence-electron chi connectivity index (χ3n) is 11.4. The van der Waals surface area contributed by atoms with Gasteiger partial charge in [-0.15, -0.1) is 0 Å². The van der Waals surface area contributed by atoms with Gasteiger partial charge in [-0.1, -0.05) is 79.5 Å². The predicted octanol–water partition coefficient (Wildman–Crippen LogP) is 10.3. The fraction of sp³-hybridized carbons (Fsp3) is 0.294. The van der Waals surface area contributed by atoms with Gasteiger partial charge in [-0.3, -0.25) is 9.59 Å². The Morgan fingerprint density at radius 3 is 1.39 bits per heavy atom. The molecule has 0 fully saturated rings. The Kier molecular flexibility index (Phi) is 14.8. The van der Waals surface area contributed by atoms with Crippen molar-refractivity contribution in [3.8, 4) is 0 Å². The number of pyridine rings is 2. The second-order valence-corrected chi connectivity index (χ2v) is 17.6. The van der Waals surface area contributed by atoms with Crippen LogP contribution in [-0.2, 0) is 22.7 Å². The first-order chi connectivity index (χ1) is 29.4. The Morgan fingerprint density at radius 1 is 0.541 bits per heavy atom. The number of benzene rings is 4. The van der Waals surface area contributed by atoms with E-state index in [-0.39, 0.29) is 19.2 Å². The van der Waals surface area contributed by atoms with Crippen LogP contribution >= 0.6 is 23.5 Å². The van der Waals surface area contributed by atoms with Crippen molar-refractivity contribution < 1.29 is 18.7 Å². The van der Waals surface area contributed by atoms with Crippen LogP contribution < -0.4 is 29.6 Å². The number of unbranched alkanes of at least 4 members (excludes halogenated alkanes) is 4. The molecular formula is C51H58N6O2S2+2. The van der Waals surface area contributed by atoms with Crippen LogP contribution in [0.5, 0.6) is 0 Å². The average molecular weight is 851 g/mol. The lowest BCUT2D eigenvalue weighted by Crippen LogP contribution is -2.35. The summed E-state index contributed by atoms with van der Waals surface area (Å²) in [7, 11) is 4.26. The minimum atomic E-state index is 0. The molecule has 2 aliphatic rings. The molecule has 0 bridgehead atoms. The van der Waals surface area contributed by atoms with Crippen LogP contribution in [0.4, 0.5) is 11.4 Å². The van der Waals surface area contributed by atoms with Crippen molar-refractivity contribution in [2.75, 3.05) is 37.0 Å². The number of nitrogens with one attached hydrogen (secondary N) is 2. The van der Waals surface area contributed by atoms with E-state index in [2.05, 4.69) is 177 Å². The van der Waals surface area contributed by atoms with Gasteiger partial charge in [0.1, 0.15) is 13.1 Å². The number of carbonyl (C=O) groups is 2. The summed E-state index contributed by atoms with van der Waals surface area (Å²) >= 11 is 3.63. The molecule has 6 aromatic rings. The number of carbonyl (C=O) groups excluding carboxylic acids is 2. The number of aryl methyl sites for hydroxylation is 2. The summed E-state index contributed by atoms with van der Waals surface area (Å²) in [6.45, 7) is 2.71. The Hall–Kier alpha value is -5.58. The molecule has 2 amide bonds. The number of fused-ring (bicyclic) bond motifs is 4. The Morgan fingerprint density at radius 2 is 0.951 bits per heavy atom. The van der Waals surface area contributed by atoms with Crippen LogP contribution in [0.25, 0.3) is 34.0 Å². The molecule has 0 saturated carbocycles. The fourth-order valence-electron chi connectivity index (χ4n) is 8.09. The van der Waals surface area contributed by atoms with Crippen molar-refractivity contribution in [1.29, 1.82) is 0 Å². The summed E-state index contributed by atoms with van der Waals surface area (Å²) in [6, 6.07) is 38.7. The SMILES string of the molecule is C.CN1C(=Cc2cc[n+](CCCCCC(=O)NCCNC(=O)CCCCC[n+]3ccc(C=C4Sc5ccccc5N4C)c4ccccc43)c3ccccc23)Sc2ccccc21. The van der Waals surface area contributed by atoms with E-state index < -0.39 is 0 Å². The molecule has 10 heteroatoms. The average Bonchev–Trinajstić information content (AvgIpc) is 3.77. The number of hydrogen-bond acceptors (Lipinski definition) is 6. The lowest BCUT2D eigenvalue weighted by atomic mass is 10.1. The van der Waals surface area contributed by atoms with Gasteiger partial charge >= 0.3 is 0 Å². The van der Waals surface area contributed by atoms with Crippen LogP contribution in [0.2, 0.25) is 0 Å². The van der Waals surface area contributed by atoms with E-state index in [0.29, 0.717) is 25.9 Å². The number of amides is 2. The van der Waals surface area contributed by atoms with E-state index in [1.165, 1.54) is 64.2 Å². The highest BCUT2D eigenvalue weighted by molar-refractivity contribution is 8.04. The van der Waals surface area contributed by atoms with Gasteiger partial charge in [0.2, 0.25) is 22.8 Å². The minimum absolute atomic E-state index is 0. The largest absolute Gasteiger partial charge is 0.354 e. The van der Waals surface area contributed by atoms with Crippen molar-refractivity contribution >= 4 is 80.7 Å². The zero-order valence-corrected chi connectivity index (χ0v) is 36.2. The Labute approximate surface area is 369 Å². The molecule has 8 rings (SSSR count). The van der Waals surface area contributed by atoms with Gasteiger partial charge in [0, 0.05) is 86.9 Å². The van der Waals surface area contributed by atoms with Crippen LogP contribution in [0.15, 0.2) is 141 Å². The lowest BCUT2D eigenvalue weighted by Gasteiger charge is -2.13. The van der Waals surface area contributed by atoms with Crippen LogP contribution in [0.3, 0.4) is 0 Å². The molecule has 2 aromatic heterocycles. The van der Waals surface area contributed by atoms with Gasteiger partial charge in [0.25, 0.3) is 0 Å². The van der Waals surface area contributed by atoms with Crippen molar-refractivity contribution in [2.45, 2.75) is 81.7 Å². The fourth-order valence-corrected chi connectivity index (χ4v) is 10.3. The molecule has 61 heavy (non-hydrogen) atoms. The first-order valence-corrected chi connectivity index (χ1v) is 22.9. The summed E-state index contributed by atoms with van der Waals surface area (Å²) in [4.78, 5) is 32.1. The second kappa shape index (κ2) is 20.8. The number of hydrogen-bond donors (Lipinski definition) is 2. The summed E-state index contributed by atoms with van der Waals surface area (Å²) < 4.78 is 4.65. The Balaban J connectivity index is 0.00000561. The zero-order valence-electron chi connectivity index (χ0n) is 34.6. The standard InChI is InChI=1S/C50H52N6O2S2.CH4/c1-53-43-21-11-13-23-45(43)59-49(53)35-37-27-33-55(41-19-9-7-17-39(37)41)31-15-3-5-25-47(57)51-29-30-52-48(58)26-6-4-16-32-56-34-28-38(40-18-8-10-20-42(40)56)36-50-54(2)44-22-12-14-24-46(44)60-50;/h7-14,17-24,27-28,33-36H,3-6,15-16,25-26,29-32H2,1-2H3;1H4/p+2. The molecule has 2 N–H and O–H groups in total. The quantitative estimate of drug-likeness (QED) is 0.0704. The van der Waals surface area contributed by atoms with Crippen LogP contribution in [0.1, 0.15) is 69.9 Å². The molecule has 2 aliphatic heterocycles. The molecule has 4 aromatic carbocycles. The molecule has 0 atom stereocenters. The van der Waals surface area contributed by atoms with Crippen molar-refractivity contribution in [3.05, 3.63) is 143 Å². The van der Waals surface area contributed by atoms with E-state index in [4.69, 9.17) is 0 Å². The third kappa shape index (κ3) is 10.5. The molecule has 314 valence electrons. The van der Waals surface area contributed by atoms with Gasteiger partial charge < -0.3 is 20.4 Å². The predicted molar refractivity (Wildman–Crippen MR) is 255 cm³/mol. The molecule has 8 nitrogen and oxygen atoms in total. The minimum Gasteiger partial charge on any atom is -0.354 e. The first-order valence-electron chi connectivity index (χ1n) is 21.2. The molecule has 0 aliphatic carbocycles. The van der Waals surface area contributed by atoms with E-state index >= 15 is 0 Å². The first kappa shape index (κ1) is 43.5. The van der Waals surface area contributed by atoms with E-state index in [1.807, 2.05) is 23.5 Å². The summed E-state index contributed by atoms with van der Waals surface area (Å²) in [5.74, 6) is 0.0864. The maximum absolute atomic E-state index is 12.5. The van der Waals surface area contributed by atoms with Crippen LogP contribution in [-0.4, -0.2) is 39.0 Å². The Bertz CT molecular complexity index is 2390. The number of anilines is 2. The number of nitrogens with zero attached hydrogens (tertiary/aromatic N) is 4. The highest BCUT2D eigenvalue weighted by Gasteiger charge is 2.24. The maximum Gasteiger partial charge on any atom is 0.220 e. The normalized spacial score (nSPS) is 14.4. The number of rotatable bonds is 17. The maximum atomic E-state index is 12.5. The highest BCUT2D eigenvalue weighted by Crippen LogP contribution is 2.46. The molecule has 0 unspecified atom stereocenters. The van der Waals surface area contributed by atoms with Gasteiger partial charge in [0.05, 0.1) is 32.2 Å². The highest BCUT2D eigenvalue weighted by atomic mass is 32.2. The molecule has 0 radical (unpaired) electrons. The van der Waals surface area contributed by atoms with E-state index in [1.54, 1.807) is 0 Å². The smallest absolute Gasteiger partial charge is 0.220 e. The molecule has 0 spiro atoms. The summed E-state index contributed by atoms with van der Waals surface area (Å²) in [6.07, 6.45) is 15.6. The molecule has 4 heterocycles. The van der Waals surface area contributed by atoms with E-state index in [0.717, 1.165) is 51.6 Å². The monoisotopic (exact) mass is 850 g/mol. The van der Waals surface area contributed by atoms with Crippen molar-refractivity contribution in [3.63, 3.8) is 0 Å². The van der Waals surface area contributed by atoms with Crippen molar-refractivity contribution in [1.82, 2.24) is 10.6 Å². The number of thioether (sulfide) groups is 2. The molecule has 0 saturated heterocycles. The van der Waals surface area contributed by atoms with Gasteiger partial charge in [-0.05, 0) is 85.4 Å². The van der Waals surface area contributed by atoms with Gasteiger partial charge in [-0.2, -0.15) is 9.13 Å². The van der Waals surface area contributed by atoms with Gasteiger partial charge in [-0.25, -0.2) is 0 Å². The van der Waals surface area contributed by atoms with E-state index in [9.17, 15) is 9.59 Å². The molecular weight excluding hydrogens is 793 g/mol. The van der Waals surface area contributed by atoms with Crippen molar-refractivity contribution in [2.24, 2.45) is 0 Å². The van der Waals surface area contributed by atoms with Crippen LogP contribution in [0, 0.1) is 0 Å². The zero-order chi connectivity index (χ0) is 41.3. The number of para-hydroxylation sites is 4. The summed E-state index contributed by atoms with van der Waals surface area (Å²) in [5.41, 5.74) is 7.36. The number of aromatic nitrogens is 2.